The third kappa shape index (κ3) is 3.70. The molecule has 5 rings (SSSR count). The summed E-state index contributed by atoms with van der Waals surface area (Å²) in [6.07, 6.45) is 6.15. The van der Waals surface area contributed by atoms with Crippen molar-refractivity contribution in [3.05, 3.63) is 38.5 Å². The molecule has 0 unspecified atom stereocenters. The Morgan fingerprint density at radius 2 is 1.90 bits per heavy atom. The lowest BCUT2D eigenvalue weighted by Gasteiger charge is -2.42. The number of rotatable bonds is 3. The van der Waals surface area contributed by atoms with Gasteiger partial charge < -0.3 is 22.1 Å². The van der Waals surface area contributed by atoms with E-state index in [1.807, 2.05) is 0 Å². The van der Waals surface area contributed by atoms with E-state index in [4.69, 9.17) is 40.4 Å². The molecule has 8 nitrogen and oxygen atoms in total. The van der Waals surface area contributed by atoms with Crippen molar-refractivity contribution in [3.63, 3.8) is 0 Å². The van der Waals surface area contributed by atoms with Crippen LogP contribution in [0, 0.1) is 5.41 Å². The number of fused-ring (bicyclic) bond motifs is 1. The van der Waals surface area contributed by atoms with Gasteiger partial charge in [-0.2, -0.15) is 0 Å². The van der Waals surface area contributed by atoms with E-state index in [1.165, 1.54) is 23.1 Å². The molecule has 4 heterocycles. The highest BCUT2D eigenvalue weighted by Gasteiger charge is 2.48. The number of thiazole rings is 1. The highest BCUT2D eigenvalue weighted by Crippen LogP contribution is 2.53. The van der Waals surface area contributed by atoms with Crippen LogP contribution in [0.4, 0.5) is 17.5 Å². The van der Waals surface area contributed by atoms with Crippen LogP contribution in [0.25, 0.3) is 0 Å². The van der Waals surface area contributed by atoms with Gasteiger partial charge in [-0.05, 0) is 30.7 Å². The average Bonchev–Trinajstić information content (AvgIpc) is 3.22. The van der Waals surface area contributed by atoms with Crippen molar-refractivity contribution >= 4 is 63.8 Å². The molecule has 1 saturated heterocycles. The predicted octanol–water partition coefficient (Wildman–Crippen LogP) is 3.79. The van der Waals surface area contributed by atoms with Crippen LogP contribution in [0.5, 0.6) is 0 Å². The van der Waals surface area contributed by atoms with Crippen molar-refractivity contribution in [1.29, 1.82) is 0 Å². The van der Waals surface area contributed by atoms with Crippen LogP contribution in [-0.4, -0.2) is 33.0 Å². The molecule has 162 valence electrons. The number of nitrogens with zero attached hydrogens (tertiary/aromatic N) is 5. The van der Waals surface area contributed by atoms with Crippen LogP contribution in [0.3, 0.4) is 0 Å². The molecular weight excluding hydrogens is 475 g/mol. The largest absolute Gasteiger partial charge is 0.382 e. The van der Waals surface area contributed by atoms with Gasteiger partial charge in [-0.3, -0.25) is 0 Å². The molecule has 1 atom stereocenters. The van der Waals surface area contributed by atoms with Crippen molar-refractivity contribution in [2.24, 2.45) is 11.1 Å². The number of halogens is 2. The minimum atomic E-state index is -0.0119. The van der Waals surface area contributed by atoms with Crippen LogP contribution in [0.1, 0.15) is 29.5 Å². The Kier molecular flexibility index (Phi) is 5.38. The Morgan fingerprint density at radius 1 is 1.13 bits per heavy atom. The number of nitrogen functional groups attached to an aromatic ring is 2. The molecule has 0 radical (unpaired) electrons. The zero-order chi connectivity index (χ0) is 21.8. The Balaban J connectivity index is 1.29. The second-order valence-corrected chi connectivity index (χ2v) is 10.8. The summed E-state index contributed by atoms with van der Waals surface area (Å²) in [5.41, 5.74) is 19.7. The lowest BCUT2D eigenvalue weighted by Crippen LogP contribution is -2.44. The minimum Gasteiger partial charge on any atom is -0.382 e. The molecular formula is C19H20Cl2N8S2. The van der Waals surface area contributed by atoms with Crippen molar-refractivity contribution in [1.82, 2.24) is 19.9 Å². The van der Waals surface area contributed by atoms with Gasteiger partial charge in [-0.15, -0.1) is 11.3 Å². The van der Waals surface area contributed by atoms with Gasteiger partial charge in [0.25, 0.3) is 0 Å². The standard InChI is InChI=1S/C19H20Cl2N8S2/c20-12-10(1-4-25-15(12)23)30-17-16(24)28-11(8-26-17)29-5-2-19(3-6-29)7-9-13(14(19)22)31-18(21)27-9/h1,4,8,14H,2-3,5-7,22H2,(H2,23,25)(H2,24,28)/t14-/m1/s1. The monoisotopic (exact) mass is 494 g/mol. The van der Waals surface area contributed by atoms with Gasteiger partial charge in [0.05, 0.1) is 16.9 Å². The number of pyridine rings is 1. The Hall–Kier alpha value is -1.85. The number of anilines is 3. The number of hydrogen-bond donors (Lipinski definition) is 3. The molecule has 6 N–H and O–H groups in total. The van der Waals surface area contributed by atoms with Crippen molar-refractivity contribution < 1.29 is 0 Å². The van der Waals surface area contributed by atoms with Crippen molar-refractivity contribution in [2.45, 2.75) is 35.2 Å². The van der Waals surface area contributed by atoms with Crippen LogP contribution in [0.15, 0.2) is 28.4 Å². The quantitative estimate of drug-likeness (QED) is 0.496. The molecule has 1 aliphatic heterocycles. The molecule has 3 aromatic heterocycles. The first-order valence-electron chi connectivity index (χ1n) is 9.72. The Labute approximate surface area is 197 Å². The smallest absolute Gasteiger partial charge is 0.184 e. The van der Waals surface area contributed by atoms with Crippen LogP contribution >= 0.6 is 46.3 Å². The van der Waals surface area contributed by atoms with Crippen molar-refractivity contribution in [3.8, 4) is 0 Å². The van der Waals surface area contributed by atoms with E-state index in [-0.39, 0.29) is 17.3 Å². The zero-order valence-corrected chi connectivity index (χ0v) is 19.5. The van der Waals surface area contributed by atoms with Crippen LogP contribution < -0.4 is 22.1 Å². The molecule has 0 amide bonds. The first-order chi connectivity index (χ1) is 14.9. The second kappa shape index (κ2) is 7.93. The summed E-state index contributed by atoms with van der Waals surface area (Å²) in [6, 6.07) is 1.76. The summed E-state index contributed by atoms with van der Waals surface area (Å²) in [5, 5.41) is 0.964. The van der Waals surface area contributed by atoms with E-state index in [9.17, 15) is 0 Å². The van der Waals surface area contributed by atoms with E-state index in [2.05, 4.69) is 24.8 Å². The van der Waals surface area contributed by atoms with Crippen LogP contribution in [-0.2, 0) is 6.42 Å². The molecule has 1 spiro atoms. The topological polar surface area (TPSA) is 133 Å². The van der Waals surface area contributed by atoms with E-state index in [0.29, 0.717) is 20.3 Å². The highest BCUT2D eigenvalue weighted by atomic mass is 35.5. The van der Waals surface area contributed by atoms with Gasteiger partial charge in [-0.25, -0.2) is 19.9 Å². The fraction of sp³-hybridized carbons (Fsp3) is 0.368. The van der Waals surface area contributed by atoms with Gasteiger partial charge in [0.1, 0.15) is 16.7 Å². The normalized spacial score (nSPS) is 19.7. The lowest BCUT2D eigenvalue weighted by molar-refractivity contribution is 0.187. The number of aromatic nitrogens is 4. The van der Waals surface area contributed by atoms with Gasteiger partial charge in [0.15, 0.2) is 10.3 Å². The SMILES string of the molecule is Nc1nc(N2CCC3(CC2)Cc2nc(Cl)sc2[C@H]3N)cnc1Sc1ccnc(N)c1Cl. The highest BCUT2D eigenvalue weighted by molar-refractivity contribution is 7.99. The predicted molar refractivity (Wildman–Crippen MR) is 126 cm³/mol. The Bertz CT molecular complexity index is 1150. The summed E-state index contributed by atoms with van der Waals surface area (Å²) in [7, 11) is 0. The summed E-state index contributed by atoms with van der Waals surface area (Å²) >= 11 is 15.1. The zero-order valence-electron chi connectivity index (χ0n) is 16.4. The maximum Gasteiger partial charge on any atom is 0.184 e. The Morgan fingerprint density at radius 3 is 2.61 bits per heavy atom. The first kappa shape index (κ1) is 21.0. The van der Waals surface area contributed by atoms with Gasteiger partial charge in [-0.1, -0.05) is 35.0 Å². The summed E-state index contributed by atoms with van der Waals surface area (Å²) in [6.45, 7) is 1.67. The van der Waals surface area contributed by atoms with E-state index < -0.39 is 0 Å². The summed E-state index contributed by atoms with van der Waals surface area (Å²) < 4.78 is 0.576. The molecule has 0 saturated carbocycles. The van der Waals surface area contributed by atoms with Gasteiger partial charge in [0.2, 0.25) is 0 Å². The summed E-state index contributed by atoms with van der Waals surface area (Å²) in [4.78, 5) is 21.6. The number of hydrogen-bond acceptors (Lipinski definition) is 10. The molecule has 1 aliphatic carbocycles. The van der Waals surface area contributed by atoms with Gasteiger partial charge in [0, 0.05) is 35.1 Å². The number of piperidine rings is 1. The fourth-order valence-corrected chi connectivity index (χ4v) is 6.65. The fourth-order valence-electron chi connectivity index (χ4n) is 4.33. The maximum absolute atomic E-state index is 6.61. The second-order valence-electron chi connectivity index (χ2n) is 7.81. The molecule has 3 aromatic rings. The molecule has 0 bridgehead atoms. The first-order valence-corrected chi connectivity index (χ1v) is 12.1. The van der Waals surface area contributed by atoms with Crippen LogP contribution in [0.2, 0.25) is 9.49 Å². The van der Waals surface area contributed by atoms with Gasteiger partial charge >= 0.3 is 0 Å². The lowest BCUT2D eigenvalue weighted by atomic mass is 9.74. The molecule has 31 heavy (non-hydrogen) atoms. The molecule has 0 aromatic carbocycles. The van der Waals surface area contributed by atoms with E-state index >= 15 is 0 Å². The maximum atomic E-state index is 6.61. The average molecular weight is 495 g/mol. The third-order valence-corrected chi connectivity index (χ3v) is 8.95. The third-order valence-electron chi connectivity index (χ3n) is 6.09. The van der Waals surface area contributed by atoms with E-state index in [0.717, 1.165) is 53.6 Å². The molecule has 12 heteroatoms. The number of nitrogens with two attached hydrogens (primary N) is 3. The van der Waals surface area contributed by atoms with Crippen molar-refractivity contribution in [2.75, 3.05) is 29.5 Å². The molecule has 2 aliphatic rings. The minimum absolute atomic E-state index is 0.0119. The summed E-state index contributed by atoms with van der Waals surface area (Å²) in [5.74, 6) is 1.39. The molecule has 1 fully saturated rings. The van der Waals surface area contributed by atoms with E-state index in [1.54, 1.807) is 18.5 Å².